The second kappa shape index (κ2) is 15.0. The summed E-state index contributed by atoms with van der Waals surface area (Å²) in [5, 5.41) is 5.93. The van der Waals surface area contributed by atoms with Crippen LogP contribution in [0, 0.1) is 0 Å². The number of fused-ring (bicyclic) bond motifs is 1. The molecule has 1 fully saturated rings. The van der Waals surface area contributed by atoms with Gasteiger partial charge in [0.2, 0.25) is 10.0 Å². The molecule has 0 saturated carbocycles. The highest BCUT2D eigenvalue weighted by Gasteiger charge is 2.56. The number of hydrogen-bond donors (Lipinski definition) is 2. The van der Waals surface area contributed by atoms with E-state index in [1.165, 1.54) is 32.6 Å². The number of rotatable bonds is 14. The van der Waals surface area contributed by atoms with Gasteiger partial charge in [-0.15, -0.1) is 0 Å². The zero-order valence-electron chi connectivity index (χ0n) is 32.1. The highest BCUT2D eigenvalue weighted by molar-refractivity contribution is 7.89. The molecule has 5 rings (SSSR count). The first-order valence-corrected chi connectivity index (χ1v) is 19.5. The number of ether oxygens (including phenoxy) is 3. The number of carbonyl (C=O) groups excluding carboxylic acids is 3. The number of cyclic esters (lactones) is 1. The number of amides is 3. The number of nitrogens with one attached hydrogen (secondary N) is 2. The molecular formula is C40H52N4O8S. The molecular weight excluding hydrogens is 697 g/mol. The number of sulfonamides is 1. The maximum atomic E-state index is 14.4. The topological polar surface area (TPSA) is 144 Å². The van der Waals surface area contributed by atoms with Crippen molar-refractivity contribution in [2.45, 2.75) is 108 Å². The van der Waals surface area contributed by atoms with E-state index in [1.807, 2.05) is 6.07 Å². The second-order valence-electron chi connectivity index (χ2n) is 15.3. The first-order chi connectivity index (χ1) is 24.9. The quantitative estimate of drug-likeness (QED) is 0.166. The lowest BCUT2D eigenvalue weighted by molar-refractivity contribution is -0.139. The third kappa shape index (κ3) is 7.73. The Morgan fingerprint density at radius 2 is 1.62 bits per heavy atom. The Labute approximate surface area is 313 Å². The minimum atomic E-state index is -4.27. The summed E-state index contributed by atoms with van der Waals surface area (Å²) >= 11 is 0. The first-order valence-electron chi connectivity index (χ1n) is 18.1. The second-order valence-corrected chi connectivity index (χ2v) is 17.1. The van der Waals surface area contributed by atoms with Gasteiger partial charge < -0.3 is 24.8 Å². The molecule has 0 aromatic heterocycles. The molecule has 0 spiro atoms. The Morgan fingerprint density at radius 3 is 2.26 bits per heavy atom. The zero-order valence-corrected chi connectivity index (χ0v) is 32.9. The minimum absolute atomic E-state index is 0.00202. The molecule has 53 heavy (non-hydrogen) atoms. The predicted octanol–water partition coefficient (Wildman–Crippen LogP) is 7.05. The van der Waals surface area contributed by atoms with Gasteiger partial charge in [-0.1, -0.05) is 77.9 Å². The van der Waals surface area contributed by atoms with Gasteiger partial charge in [0.1, 0.15) is 22.6 Å². The monoisotopic (exact) mass is 748 g/mol. The van der Waals surface area contributed by atoms with E-state index in [4.69, 9.17) is 14.2 Å². The van der Waals surface area contributed by atoms with Crippen molar-refractivity contribution in [2.24, 2.45) is 0 Å². The smallest absolute Gasteiger partial charge is 0.418 e. The summed E-state index contributed by atoms with van der Waals surface area (Å²) in [5.74, 6) is -0.566. The summed E-state index contributed by atoms with van der Waals surface area (Å²) < 4.78 is 47.2. The fourth-order valence-corrected chi connectivity index (χ4v) is 8.24. The fraction of sp³-hybridized carbons (Fsp3) is 0.475. The van der Waals surface area contributed by atoms with E-state index in [-0.39, 0.29) is 46.7 Å². The predicted molar refractivity (Wildman–Crippen MR) is 204 cm³/mol. The van der Waals surface area contributed by atoms with Gasteiger partial charge in [-0.3, -0.25) is 9.59 Å². The van der Waals surface area contributed by atoms with Crippen LogP contribution in [0.25, 0.3) is 0 Å². The van der Waals surface area contributed by atoms with E-state index in [0.717, 1.165) is 28.5 Å². The normalized spacial score (nSPS) is 18.8. The van der Waals surface area contributed by atoms with Crippen LogP contribution in [-0.4, -0.2) is 73.6 Å². The molecule has 3 amide bonds. The molecule has 0 bridgehead atoms. The van der Waals surface area contributed by atoms with Crippen molar-refractivity contribution in [1.29, 1.82) is 0 Å². The van der Waals surface area contributed by atoms with Crippen molar-refractivity contribution in [3.63, 3.8) is 0 Å². The number of imide groups is 1. The van der Waals surface area contributed by atoms with Crippen molar-refractivity contribution < 1.29 is 37.0 Å². The molecule has 2 N–H and O–H groups in total. The molecule has 2 aliphatic heterocycles. The van der Waals surface area contributed by atoms with E-state index < -0.39 is 45.7 Å². The van der Waals surface area contributed by atoms with Crippen molar-refractivity contribution in [2.75, 3.05) is 30.9 Å². The SMILES string of the molecule is CCC(C)(C)c1ccc(OCCCN2C(C(C(=O)Nc3ccccc3OC)N3C(=O)OC(C)(C)C3=O)Nc3ccccc3S2(=O)=O)c(C(C)(C)CC)c1. The number of para-hydroxylation sites is 3. The van der Waals surface area contributed by atoms with Crippen LogP contribution < -0.4 is 20.1 Å². The van der Waals surface area contributed by atoms with Crippen LogP contribution >= 0.6 is 0 Å². The van der Waals surface area contributed by atoms with Crippen molar-refractivity contribution >= 4 is 39.3 Å². The fourth-order valence-electron chi connectivity index (χ4n) is 6.50. The number of methoxy groups -OCH3 is 1. The van der Waals surface area contributed by atoms with E-state index >= 15 is 0 Å². The lowest BCUT2D eigenvalue weighted by atomic mass is 9.76. The number of nitrogens with zero attached hydrogens (tertiary/aromatic N) is 2. The van der Waals surface area contributed by atoms with Gasteiger partial charge in [0.15, 0.2) is 11.6 Å². The Kier molecular flexibility index (Phi) is 11.2. The summed E-state index contributed by atoms with van der Waals surface area (Å²) in [6, 6.07) is 17.5. The van der Waals surface area contributed by atoms with Crippen LogP contribution in [0.1, 0.15) is 85.8 Å². The van der Waals surface area contributed by atoms with Gasteiger partial charge in [0.25, 0.3) is 11.8 Å². The van der Waals surface area contributed by atoms with Crippen LogP contribution in [0.15, 0.2) is 71.6 Å². The molecule has 2 unspecified atom stereocenters. The zero-order chi connectivity index (χ0) is 38.9. The van der Waals surface area contributed by atoms with E-state index in [9.17, 15) is 22.8 Å². The van der Waals surface area contributed by atoms with Crippen LogP contribution in [0.4, 0.5) is 16.2 Å². The Bertz CT molecular complexity index is 1980. The first kappa shape index (κ1) is 39.6. The van der Waals surface area contributed by atoms with E-state index in [2.05, 4.69) is 64.3 Å². The molecule has 2 heterocycles. The molecule has 3 aromatic carbocycles. The highest BCUT2D eigenvalue weighted by atomic mass is 32.2. The van der Waals surface area contributed by atoms with Gasteiger partial charge in [-0.05, 0) is 79.8 Å². The maximum Gasteiger partial charge on any atom is 0.418 e. The molecule has 2 aliphatic rings. The average molecular weight is 749 g/mol. The van der Waals surface area contributed by atoms with Gasteiger partial charge in [-0.25, -0.2) is 18.1 Å². The molecule has 1 saturated heterocycles. The number of anilines is 2. The van der Waals surface area contributed by atoms with Gasteiger partial charge in [0, 0.05) is 12.1 Å². The molecule has 286 valence electrons. The number of carbonyl (C=O) groups is 3. The Hall–Kier alpha value is -4.62. The van der Waals surface area contributed by atoms with E-state index in [1.54, 1.807) is 42.5 Å². The van der Waals surface area contributed by atoms with Gasteiger partial charge in [-0.2, -0.15) is 4.31 Å². The van der Waals surface area contributed by atoms with Crippen molar-refractivity contribution in [1.82, 2.24) is 9.21 Å². The third-order valence-corrected chi connectivity index (χ3v) is 12.5. The third-order valence-electron chi connectivity index (χ3n) is 10.6. The van der Waals surface area contributed by atoms with Crippen LogP contribution in [-0.2, 0) is 35.2 Å². The average Bonchev–Trinajstić information content (AvgIpc) is 3.32. The summed E-state index contributed by atoms with van der Waals surface area (Å²) in [4.78, 5) is 42.2. The summed E-state index contributed by atoms with van der Waals surface area (Å²) in [7, 11) is -2.84. The van der Waals surface area contributed by atoms with Crippen molar-refractivity contribution in [3.05, 3.63) is 77.9 Å². The van der Waals surface area contributed by atoms with Gasteiger partial charge in [0.05, 0.1) is 25.1 Å². The molecule has 3 aromatic rings. The molecule has 0 aliphatic carbocycles. The molecule has 2 atom stereocenters. The Morgan fingerprint density at radius 1 is 0.962 bits per heavy atom. The van der Waals surface area contributed by atoms with E-state index in [0.29, 0.717) is 10.6 Å². The molecule has 12 nitrogen and oxygen atoms in total. The van der Waals surface area contributed by atoms with Crippen molar-refractivity contribution in [3.8, 4) is 11.5 Å². The highest BCUT2D eigenvalue weighted by Crippen LogP contribution is 2.40. The standard InChI is InChI=1S/C40H52N4O8S/c1-10-38(3,4)26-21-22-30(27(25-26)39(5,6)11-2)51-24-16-23-43-34(41-29-18-13-15-20-32(29)53(43,48)49)33(44-36(46)40(7,8)52-37(44)47)35(45)42-28-17-12-14-19-31(28)50-9/h12-15,17-22,25,33-34,41H,10-11,16,23-24H2,1-9H3,(H,42,45). The van der Waals surface area contributed by atoms with Crippen LogP contribution in [0.5, 0.6) is 11.5 Å². The molecule has 13 heteroatoms. The van der Waals surface area contributed by atoms with Crippen LogP contribution in [0.2, 0.25) is 0 Å². The minimum Gasteiger partial charge on any atom is -0.495 e. The van der Waals surface area contributed by atoms with Crippen LogP contribution in [0.3, 0.4) is 0 Å². The number of hydrogen-bond acceptors (Lipinski definition) is 9. The lowest BCUT2D eigenvalue weighted by Gasteiger charge is -2.42. The Balaban J connectivity index is 1.51. The largest absolute Gasteiger partial charge is 0.495 e. The summed E-state index contributed by atoms with van der Waals surface area (Å²) in [6.45, 7) is 16.0. The molecule has 0 radical (unpaired) electrons. The maximum absolute atomic E-state index is 14.4. The summed E-state index contributed by atoms with van der Waals surface area (Å²) in [5.41, 5.74) is 0.979. The lowest BCUT2D eigenvalue weighted by Crippen LogP contribution is -2.64. The summed E-state index contributed by atoms with van der Waals surface area (Å²) in [6.07, 6.45) is -0.413. The number of benzene rings is 3. The van der Waals surface area contributed by atoms with Gasteiger partial charge >= 0.3 is 6.09 Å².